The van der Waals surface area contributed by atoms with Crippen molar-refractivity contribution in [2.45, 2.75) is 19.4 Å². The fourth-order valence-corrected chi connectivity index (χ4v) is 2.57. The standard InChI is InChI=1S/C16H20F2N4O4/c1-2-20-13(15(19)24)16(25)21-9-3-4-11(10(7-9)14(17)18)22-5-6-26-8-12(22)23/h3-4,7,13-14,20H,2,5-6,8H2,1H3,(H2,19,24)(H,21,25)/t13-/m0/s1. The predicted molar refractivity (Wildman–Crippen MR) is 89.9 cm³/mol. The van der Waals surface area contributed by atoms with Crippen LogP contribution in [0.1, 0.15) is 18.9 Å². The SMILES string of the molecule is CCN[C@@H](C(N)=O)C(=O)Nc1ccc(N2CCOCC2=O)c(C(F)F)c1. The summed E-state index contributed by atoms with van der Waals surface area (Å²) in [6.45, 7) is 2.24. The number of hydrogen-bond acceptors (Lipinski definition) is 5. The highest BCUT2D eigenvalue weighted by Crippen LogP contribution is 2.33. The van der Waals surface area contributed by atoms with Gasteiger partial charge in [0.2, 0.25) is 5.91 Å². The number of nitrogens with two attached hydrogens (primary N) is 1. The monoisotopic (exact) mass is 370 g/mol. The third-order valence-electron chi connectivity index (χ3n) is 3.76. The number of primary amides is 1. The van der Waals surface area contributed by atoms with Crippen LogP contribution in [0.2, 0.25) is 0 Å². The van der Waals surface area contributed by atoms with E-state index < -0.39 is 35.8 Å². The van der Waals surface area contributed by atoms with E-state index in [2.05, 4.69) is 10.6 Å². The molecule has 0 radical (unpaired) electrons. The summed E-state index contributed by atoms with van der Waals surface area (Å²) in [7, 11) is 0. The number of halogens is 2. The van der Waals surface area contributed by atoms with Gasteiger partial charge in [-0.25, -0.2) is 8.78 Å². The smallest absolute Gasteiger partial charge is 0.265 e. The van der Waals surface area contributed by atoms with Gasteiger partial charge in [-0.15, -0.1) is 0 Å². The second-order valence-electron chi connectivity index (χ2n) is 5.55. The van der Waals surface area contributed by atoms with E-state index in [0.29, 0.717) is 6.54 Å². The molecule has 26 heavy (non-hydrogen) atoms. The Balaban J connectivity index is 2.26. The van der Waals surface area contributed by atoms with Crippen molar-refractivity contribution in [3.8, 4) is 0 Å². The van der Waals surface area contributed by atoms with E-state index in [1.54, 1.807) is 6.92 Å². The van der Waals surface area contributed by atoms with Crippen LogP contribution < -0.4 is 21.3 Å². The fourth-order valence-electron chi connectivity index (χ4n) is 2.57. The summed E-state index contributed by atoms with van der Waals surface area (Å²) in [5, 5.41) is 4.99. The van der Waals surface area contributed by atoms with Gasteiger partial charge >= 0.3 is 0 Å². The van der Waals surface area contributed by atoms with Gasteiger partial charge in [-0.3, -0.25) is 19.7 Å². The number of rotatable bonds is 7. The topological polar surface area (TPSA) is 114 Å². The molecule has 3 amide bonds. The third-order valence-corrected chi connectivity index (χ3v) is 3.76. The van der Waals surface area contributed by atoms with Crippen LogP contribution in [0.4, 0.5) is 20.2 Å². The molecular weight excluding hydrogens is 350 g/mol. The van der Waals surface area contributed by atoms with Gasteiger partial charge in [0, 0.05) is 17.8 Å². The van der Waals surface area contributed by atoms with Gasteiger partial charge in [-0.2, -0.15) is 0 Å². The molecular formula is C16H20F2N4O4. The first kappa shape index (κ1) is 19.7. The molecule has 1 aromatic carbocycles. The molecule has 1 atom stereocenters. The molecule has 2 rings (SSSR count). The lowest BCUT2D eigenvalue weighted by Gasteiger charge is -2.29. The Bertz CT molecular complexity index is 699. The lowest BCUT2D eigenvalue weighted by atomic mass is 10.1. The Kier molecular flexibility index (Phi) is 6.58. The number of morpholine rings is 1. The molecule has 142 valence electrons. The molecule has 1 fully saturated rings. The molecule has 1 aromatic rings. The Labute approximate surface area is 148 Å². The van der Waals surface area contributed by atoms with Crippen LogP contribution in [-0.4, -0.2) is 50.1 Å². The summed E-state index contributed by atoms with van der Waals surface area (Å²) in [6.07, 6.45) is -2.86. The molecule has 0 aromatic heterocycles. The maximum absolute atomic E-state index is 13.5. The number of hydrogen-bond donors (Lipinski definition) is 3. The maximum atomic E-state index is 13.5. The van der Waals surface area contributed by atoms with E-state index in [1.807, 2.05) is 0 Å². The van der Waals surface area contributed by atoms with Crippen molar-refractivity contribution in [2.75, 3.05) is 36.5 Å². The van der Waals surface area contributed by atoms with Gasteiger partial charge in [-0.1, -0.05) is 6.92 Å². The quantitative estimate of drug-likeness (QED) is 0.601. The number of amides is 3. The highest BCUT2D eigenvalue weighted by atomic mass is 19.3. The minimum atomic E-state index is -2.86. The molecule has 10 heteroatoms. The van der Waals surface area contributed by atoms with Gasteiger partial charge in [0.1, 0.15) is 6.61 Å². The van der Waals surface area contributed by atoms with Crippen LogP contribution >= 0.6 is 0 Å². The van der Waals surface area contributed by atoms with Gasteiger partial charge < -0.3 is 20.7 Å². The molecule has 0 saturated carbocycles. The van der Waals surface area contributed by atoms with Gasteiger partial charge in [0.15, 0.2) is 6.04 Å². The summed E-state index contributed by atoms with van der Waals surface area (Å²) in [6, 6.07) is 2.50. The molecule has 0 spiro atoms. The highest BCUT2D eigenvalue weighted by molar-refractivity contribution is 6.09. The average Bonchev–Trinajstić information content (AvgIpc) is 2.59. The number of ether oxygens (including phenoxy) is 1. The Hall–Kier alpha value is -2.59. The van der Waals surface area contributed by atoms with Crippen molar-refractivity contribution in [1.82, 2.24) is 5.32 Å². The first-order chi connectivity index (χ1) is 12.3. The first-order valence-electron chi connectivity index (χ1n) is 7.99. The lowest BCUT2D eigenvalue weighted by Crippen LogP contribution is -2.49. The lowest BCUT2D eigenvalue weighted by molar-refractivity contribution is -0.128. The van der Waals surface area contributed by atoms with Crippen molar-refractivity contribution < 1.29 is 27.9 Å². The molecule has 1 heterocycles. The zero-order valence-electron chi connectivity index (χ0n) is 14.1. The van der Waals surface area contributed by atoms with E-state index in [0.717, 1.165) is 6.07 Å². The first-order valence-corrected chi connectivity index (χ1v) is 7.99. The van der Waals surface area contributed by atoms with E-state index in [-0.39, 0.29) is 31.1 Å². The maximum Gasteiger partial charge on any atom is 0.265 e. The third kappa shape index (κ3) is 4.52. The summed E-state index contributed by atoms with van der Waals surface area (Å²) in [5.41, 5.74) is 4.88. The van der Waals surface area contributed by atoms with Crippen LogP contribution in [0.5, 0.6) is 0 Å². The molecule has 1 aliphatic heterocycles. The molecule has 1 saturated heterocycles. The van der Waals surface area contributed by atoms with Crippen LogP contribution in [0, 0.1) is 0 Å². The van der Waals surface area contributed by atoms with Gasteiger partial charge in [-0.05, 0) is 24.7 Å². The zero-order chi connectivity index (χ0) is 19.3. The molecule has 0 bridgehead atoms. The summed E-state index contributed by atoms with van der Waals surface area (Å²) in [5.74, 6) is -2.06. The van der Waals surface area contributed by atoms with Crippen molar-refractivity contribution in [2.24, 2.45) is 5.73 Å². The van der Waals surface area contributed by atoms with Crippen LogP contribution in [0.3, 0.4) is 0 Å². The number of likely N-dealkylation sites (N-methyl/N-ethyl adjacent to an activating group) is 1. The van der Waals surface area contributed by atoms with Crippen LogP contribution in [-0.2, 0) is 19.1 Å². The Morgan fingerprint density at radius 1 is 1.38 bits per heavy atom. The van der Waals surface area contributed by atoms with Crippen molar-refractivity contribution in [1.29, 1.82) is 0 Å². The van der Waals surface area contributed by atoms with Crippen molar-refractivity contribution >= 4 is 29.1 Å². The number of anilines is 2. The molecule has 4 N–H and O–H groups in total. The van der Waals surface area contributed by atoms with Crippen LogP contribution in [0.25, 0.3) is 0 Å². The minimum Gasteiger partial charge on any atom is -0.370 e. The Morgan fingerprint density at radius 3 is 2.69 bits per heavy atom. The minimum absolute atomic E-state index is 0.0597. The van der Waals surface area contributed by atoms with Crippen molar-refractivity contribution in [3.63, 3.8) is 0 Å². The van der Waals surface area contributed by atoms with E-state index in [4.69, 9.17) is 10.5 Å². The number of benzene rings is 1. The van der Waals surface area contributed by atoms with Gasteiger partial charge in [0.05, 0.1) is 12.3 Å². The van der Waals surface area contributed by atoms with Gasteiger partial charge in [0.25, 0.3) is 18.2 Å². The molecule has 8 nitrogen and oxygen atoms in total. The number of nitrogens with one attached hydrogen (secondary N) is 2. The average molecular weight is 370 g/mol. The second kappa shape index (κ2) is 8.68. The second-order valence-corrected chi connectivity index (χ2v) is 5.55. The summed E-state index contributed by atoms with van der Waals surface area (Å²) >= 11 is 0. The fraction of sp³-hybridized carbons (Fsp3) is 0.438. The Morgan fingerprint density at radius 2 is 2.12 bits per heavy atom. The van der Waals surface area contributed by atoms with E-state index >= 15 is 0 Å². The number of carbonyl (C=O) groups excluding carboxylic acids is 3. The normalized spacial score (nSPS) is 15.8. The van der Waals surface area contributed by atoms with E-state index in [9.17, 15) is 23.2 Å². The molecule has 0 unspecified atom stereocenters. The zero-order valence-corrected chi connectivity index (χ0v) is 14.1. The molecule has 0 aliphatic carbocycles. The largest absolute Gasteiger partial charge is 0.370 e. The predicted octanol–water partition coefficient (Wildman–Crippen LogP) is 0.389. The summed E-state index contributed by atoms with van der Waals surface area (Å²) < 4.78 is 31.9. The number of nitrogens with zero attached hydrogens (tertiary/aromatic N) is 1. The molecule has 1 aliphatic rings. The number of carbonyl (C=O) groups is 3. The van der Waals surface area contributed by atoms with E-state index in [1.165, 1.54) is 17.0 Å². The van der Waals surface area contributed by atoms with Crippen molar-refractivity contribution in [3.05, 3.63) is 23.8 Å². The number of alkyl halides is 2. The highest BCUT2D eigenvalue weighted by Gasteiger charge is 2.27. The summed E-state index contributed by atoms with van der Waals surface area (Å²) in [4.78, 5) is 36.6. The van der Waals surface area contributed by atoms with Crippen LogP contribution in [0.15, 0.2) is 18.2 Å².